The quantitative estimate of drug-likeness (QED) is 0.320. The van der Waals surface area contributed by atoms with E-state index in [1.54, 1.807) is 18.2 Å². The van der Waals surface area contributed by atoms with Crippen molar-refractivity contribution in [3.63, 3.8) is 0 Å². The zero-order valence-corrected chi connectivity index (χ0v) is 10.5. The highest BCUT2D eigenvalue weighted by Gasteiger charge is 2.27. The summed E-state index contributed by atoms with van der Waals surface area (Å²) >= 11 is 0. The third kappa shape index (κ3) is 3.36. The number of anilines is 1. The third-order valence-electron chi connectivity index (χ3n) is 2.69. The predicted molar refractivity (Wildman–Crippen MR) is 69.1 cm³/mol. The molecule has 1 aliphatic rings. The lowest BCUT2D eigenvalue weighted by molar-refractivity contribution is 0.318. The Kier molecular flexibility index (Phi) is 3.42. The van der Waals surface area contributed by atoms with Crippen LogP contribution in [0, 0.1) is 5.92 Å². The van der Waals surface area contributed by atoms with Gasteiger partial charge in [-0.25, -0.2) is 8.42 Å². The Bertz CT molecular complexity index is 565. The Morgan fingerprint density at radius 3 is 2.83 bits per heavy atom. The molecule has 2 rings (SSSR count). The average molecular weight is 269 g/mol. The highest BCUT2D eigenvalue weighted by Crippen LogP contribution is 2.30. The predicted octanol–water partition coefficient (Wildman–Crippen LogP) is 0.933. The van der Waals surface area contributed by atoms with Gasteiger partial charge in [-0.3, -0.25) is 4.72 Å². The fraction of sp³-hybridized carbons (Fsp3) is 0.364. The Hall–Kier alpha value is -1.76. The second-order valence-corrected chi connectivity index (χ2v) is 6.16. The molecule has 1 saturated carbocycles. The Morgan fingerprint density at radius 1 is 1.50 bits per heavy atom. The van der Waals surface area contributed by atoms with Crippen molar-refractivity contribution in [2.45, 2.75) is 12.8 Å². The number of nitrogens with two attached hydrogens (primary N) is 1. The molecule has 1 fully saturated rings. The van der Waals surface area contributed by atoms with Crippen molar-refractivity contribution < 1.29 is 13.6 Å². The minimum absolute atomic E-state index is 0.0572. The molecule has 4 N–H and O–H groups in total. The van der Waals surface area contributed by atoms with Gasteiger partial charge in [0.1, 0.15) is 0 Å². The van der Waals surface area contributed by atoms with E-state index in [1.807, 2.05) is 0 Å². The van der Waals surface area contributed by atoms with Crippen LogP contribution in [0.25, 0.3) is 0 Å². The summed E-state index contributed by atoms with van der Waals surface area (Å²) in [7, 11) is -3.31. The highest BCUT2D eigenvalue weighted by atomic mass is 32.2. The van der Waals surface area contributed by atoms with Gasteiger partial charge in [-0.05, 0) is 30.9 Å². The maximum atomic E-state index is 11.8. The SMILES string of the molecule is NC(=NO)c1cccc(NS(=O)(=O)CC2CC2)c1. The van der Waals surface area contributed by atoms with Crippen LogP contribution in [0.5, 0.6) is 0 Å². The summed E-state index contributed by atoms with van der Waals surface area (Å²) in [5, 5.41) is 11.4. The van der Waals surface area contributed by atoms with Gasteiger partial charge in [0.2, 0.25) is 10.0 Å². The number of oxime groups is 1. The van der Waals surface area contributed by atoms with E-state index in [2.05, 4.69) is 9.88 Å². The molecule has 1 aliphatic carbocycles. The van der Waals surface area contributed by atoms with Crippen molar-refractivity contribution in [3.05, 3.63) is 29.8 Å². The molecule has 0 unspecified atom stereocenters. The molecule has 0 atom stereocenters. The summed E-state index contributed by atoms with van der Waals surface area (Å²) in [5.41, 5.74) is 6.32. The maximum Gasteiger partial charge on any atom is 0.232 e. The number of hydrogen-bond acceptors (Lipinski definition) is 4. The van der Waals surface area contributed by atoms with Crippen molar-refractivity contribution in [1.82, 2.24) is 0 Å². The minimum Gasteiger partial charge on any atom is -0.409 e. The molecule has 98 valence electrons. The molecule has 1 aromatic rings. The van der Waals surface area contributed by atoms with E-state index in [4.69, 9.17) is 10.9 Å². The van der Waals surface area contributed by atoms with Crippen LogP contribution < -0.4 is 10.5 Å². The molecule has 18 heavy (non-hydrogen) atoms. The lowest BCUT2D eigenvalue weighted by atomic mass is 10.2. The van der Waals surface area contributed by atoms with E-state index in [0.717, 1.165) is 12.8 Å². The fourth-order valence-corrected chi connectivity index (χ4v) is 3.14. The first-order valence-electron chi connectivity index (χ1n) is 5.58. The number of hydrogen-bond donors (Lipinski definition) is 3. The molecular formula is C11H15N3O3S. The van der Waals surface area contributed by atoms with Crippen LogP contribution >= 0.6 is 0 Å². The topological polar surface area (TPSA) is 105 Å². The zero-order chi connectivity index (χ0) is 13.2. The molecule has 0 amide bonds. The van der Waals surface area contributed by atoms with Crippen molar-refractivity contribution in [2.75, 3.05) is 10.5 Å². The first-order valence-corrected chi connectivity index (χ1v) is 7.24. The molecule has 0 aliphatic heterocycles. The minimum atomic E-state index is -3.31. The van der Waals surface area contributed by atoms with Gasteiger partial charge in [0.25, 0.3) is 0 Å². The molecule has 6 nitrogen and oxygen atoms in total. The third-order valence-corrected chi connectivity index (χ3v) is 4.15. The molecule has 0 saturated heterocycles. The van der Waals surface area contributed by atoms with Crippen LogP contribution in [0.3, 0.4) is 0 Å². The van der Waals surface area contributed by atoms with E-state index in [1.165, 1.54) is 6.07 Å². The van der Waals surface area contributed by atoms with Crippen LogP contribution in [-0.4, -0.2) is 25.2 Å². The zero-order valence-electron chi connectivity index (χ0n) is 9.70. The van der Waals surface area contributed by atoms with Crippen molar-refractivity contribution >= 4 is 21.5 Å². The molecule has 1 aromatic carbocycles. The molecule has 0 bridgehead atoms. The molecule has 7 heteroatoms. The van der Waals surface area contributed by atoms with Crippen LogP contribution in [0.2, 0.25) is 0 Å². The Morgan fingerprint density at radius 2 is 2.22 bits per heavy atom. The number of nitrogens with one attached hydrogen (secondary N) is 1. The van der Waals surface area contributed by atoms with Crippen molar-refractivity contribution in [2.24, 2.45) is 16.8 Å². The normalized spacial score (nSPS) is 16.6. The van der Waals surface area contributed by atoms with E-state index < -0.39 is 10.0 Å². The number of sulfonamides is 1. The summed E-state index contributed by atoms with van der Waals surface area (Å²) in [6, 6.07) is 6.42. The van der Waals surface area contributed by atoms with Gasteiger partial charge in [0.15, 0.2) is 5.84 Å². The smallest absolute Gasteiger partial charge is 0.232 e. The summed E-state index contributed by atoms with van der Waals surface area (Å²) in [6.45, 7) is 0. The van der Waals surface area contributed by atoms with Crippen LogP contribution in [0.15, 0.2) is 29.4 Å². The van der Waals surface area contributed by atoms with Gasteiger partial charge in [-0.15, -0.1) is 0 Å². The van der Waals surface area contributed by atoms with E-state index in [9.17, 15) is 8.42 Å². The van der Waals surface area contributed by atoms with Gasteiger partial charge in [0, 0.05) is 11.3 Å². The van der Waals surface area contributed by atoms with E-state index in [-0.39, 0.29) is 17.5 Å². The summed E-state index contributed by atoms with van der Waals surface area (Å²) < 4.78 is 26.0. The second kappa shape index (κ2) is 4.85. The number of benzene rings is 1. The summed E-state index contributed by atoms with van der Waals surface area (Å²) in [6.07, 6.45) is 1.95. The van der Waals surface area contributed by atoms with Crippen molar-refractivity contribution in [1.29, 1.82) is 0 Å². The number of nitrogens with zero attached hydrogens (tertiary/aromatic N) is 1. The molecule has 0 heterocycles. The van der Waals surface area contributed by atoms with E-state index in [0.29, 0.717) is 11.3 Å². The molecule has 0 spiro atoms. The Labute approximate surface area is 106 Å². The summed E-state index contributed by atoms with van der Waals surface area (Å²) in [4.78, 5) is 0. The first kappa shape index (κ1) is 12.7. The number of rotatable bonds is 5. The average Bonchev–Trinajstić information content (AvgIpc) is 3.10. The lowest BCUT2D eigenvalue weighted by Gasteiger charge is -2.08. The van der Waals surface area contributed by atoms with Crippen LogP contribution in [0.4, 0.5) is 5.69 Å². The lowest BCUT2D eigenvalue weighted by Crippen LogP contribution is -2.18. The Balaban J connectivity index is 2.13. The van der Waals surface area contributed by atoms with Crippen LogP contribution in [0.1, 0.15) is 18.4 Å². The van der Waals surface area contributed by atoms with Gasteiger partial charge >= 0.3 is 0 Å². The fourth-order valence-electron chi connectivity index (χ4n) is 1.62. The highest BCUT2D eigenvalue weighted by molar-refractivity contribution is 7.92. The molecule has 0 aromatic heterocycles. The molecular weight excluding hydrogens is 254 g/mol. The van der Waals surface area contributed by atoms with Gasteiger partial charge in [0.05, 0.1) is 5.75 Å². The van der Waals surface area contributed by atoms with Crippen molar-refractivity contribution in [3.8, 4) is 0 Å². The monoisotopic (exact) mass is 269 g/mol. The van der Waals surface area contributed by atoms with Gasteiger partial charge in [-0.2, -0.15) is 0 Å². The largest absolute Gasteiger partial charge is 0.409 e. The number of amidine groups is 1. The van der Waals surface area contributed by atoms with Gasteiger partial charge in [-0.1, -0.05) is 17.3 Å². The second-order valence-electron chi connectivity index (χ2n) is 4.39. The summed E-state index contributed by atoms with van der Waals surface area (Å²) in [5.74, 6) is 0.383. The van der Waals surface area contributed by atoms with Crippen LogP contribution in [-0.2, 0) is 10.0 Å². The maximum absolute atomic E-state index is 11.8. The first-order chi connectivity index (χ1) is 8.50. The van der Waals surface area contributed by atoms with Gasteiger partial charge < -0.3 is 10.9 Å². The standard InChI is InChI=1S/C11H15N3O3S/c12-11(13-15)9-2-1-3-10(6-9)14-18(16,17)7-8-4-5-8/h1-3,6,8,14-15H,4-5,7H2,(H2,12,13). The van der Waals surface area contributed by atoms with E-state index >= 15 is 0 Å². The molecule has 0 radical (unpaired) electrons.